The van der Waals surface area contributed by atoms with Gasteiger partial charge in [0, 0.05) is 13.2 Å². The van der Waals surface area contributed by atoms with Crippen LogP contribution in [0.5, 0.6) is 0 Å². The Morgan fingerprint density at radius 3 is 2.82 bits per heavy atom. The van der Waals surface area contributed by atoms with Crippen LogP contribution in [0, 0.1) is 0 Å². The minimum Gasteiger partial charge on any atom is -0.380 e. The molecular weight excluding hydrogens is 158 g/mol. The van der Waals surface area contributed by atoms with E-state index >= 15 is 0 Å². The SMILES string of the molecule is CCOCCNCCCSC. The normalized spacial score (nSPS) is 10.4. The molecule has 11 heavy (non-hydrogen) atoms. The first-order chi connectivity index (χ1) is 5.41. The lowest BCUT2D eigenvalue weighted by Gasteiger charge is -2.03. The van der Waals surface area contributed by atoms with E-state index in [2.05, 4.69) is 11.6 Å². The summed E-state index contributed by atoms with van der Waals surface area (Å²) in [5, 5.41) is 3.32. The fraction of sp³-hybridized carbons (Fsp3) is 1.00. The zero-order valence-corrected chi connectivity index (χ0v) is 8.38. The first-order valence-electron chi connectivity index (χ1n) is 4.19. The van der Waals surface area contributed by atoms with Gasteiger partial charge in [0.15, 0.2) is 0 Å². The third-order valence-corrected chi connectivity index (χ3v) is 2.03. The summed E-state index contributed by atoms with van der Waals surface area (Å²) >= 11 is 1.90. The van der Waals surface area contributed by atoms with Gasteiger partial charge in [0.25, 0.3) is 0 Å². The van der Waals surface area contributed by atoms with Crippen LogP contribution >= 0.6 is 11.8 Å². The summed E-state index contributed by atoms with van der Waals surface area (Å²) in [6, 6.07) is 0. The van der Waals surface area contributed by atoms with Crippen molar-refractivity contribution >= 4 is 11.8 Å². The summed E-state index contributed by atoms with van der Waals surface area (Å²) in [5.74, 6) is 1.25. The van der Waals surface area contributed by atoms with Crippen LogP contribution in [0.2, 0.25) is 0 Å². The monoisotopic (exact) mass is 177 g/mol. The molecule has 0 heterocycles. The van der Waals surface area contributed by atoms with E-state index in [0.717, 1.165) is 26.3 Å². The summed E-state index contributed by atoms with van der Waals surface area (Å²) in [6.07, 6.45) is 3.40. The van der Waals surface area contributed by atoms with Gasteiger partial charge in [-0.1, -0.05) is 0 Å². The van der Waals surface area contributed by atoms with Crippen molar-refractivity contribution < 1.29 is 4.74 Å². The second-order valence-electron chi connectivity index (χ2n) is 2.29. The zero-order chi connectivity index (χ0) is 8.36. The second kappa shape index (κ2) is 10.3. The largest absolute Gasteiger partial charge is 0.380 e. The third-order valence-electron chi connectivity index (χ3n) is 1.33. The first kappa shape index (κ1) is 11.3. The Bertz CT molecular complexity index is 63.1. The summed E-state index contributed by atoms with van der Waals surface area (Å²) in [5.41, 5.74) is 0. The van der Waals surface area contributed by atoms with Crippen molar-refractivity contribution in [1.29, 1.82) is 0 Å². The Balaban J connectivity index is 2.69. The maximum absolute atomic E-state index is 5.17. The lowest BCUT2D eigenvalue weighted by molar-refractivity contribution is 0.149. The average molecular weight is 177 g/mol. The Kier molecular flexibility index (Phi) is 10.5. The molecule has 0 aromatic heterocycles. The van der Waals surface area contributed by atoms with Gasteiger partial charge in [-0.25, -0.2) is 0 Å². The Morgan fingerprint density at radius 1 is 1.36 bits per heavy atom. The molecule has 0 aliphatic carbocycles. The van der Waals surface area contributed by atoms with E-state index in [4.69, 9.17) is 4.74 Å². The minimum atomic E-state index is 0.826. The average Bonchev–Trinajstić information content (AvgIpc) is 2.03. The summed E-state index contributed by atoms with van der Waals surface area (Å²) in [7, 11) is 0. The van der Waals surface area contributed by atoms with Crippen LogP contribution in [0.15, 0.2) is 0 Å². The van der Waals surface area contributed by atoms with Crippen LogP contribution < -0.4 is 5.32 Å². The maximum Gasteiger partial charge on any atom is 0.0590 e. The fourth-order valence-corrected chi connectivity index (χ4v) is 1.19. The van der Waals surface area contributed by atoms with Crippen molar-refractivity contribution in [2.24, 2.45) is 0 Å². The van der Waals surface area contributed by atoms with Gasteiger partial charge in [0.2, 0.25) is 0 Å². The Hall–Kier alpha value is 0.270. The molecule has 0 spiro atoms. The van der Waals surface area contributed by atoms with Crippen LogP contribution in [0.3, 0.4) is 0 Å². The van der Waals surface area contributed by atoms with Crippen molar-refractivity contribution in [3.05, 3.63) is 0 Å². The predicted octanol–water partition coefficient (Wildman–Crippen LogP) is 1.37. The topological polar surface area (TPSA) is 21.3 Å². The number of thioether (sulfide) groups is 1. The molecule has 0 atom stereocenters. The number of ether oxygens (including phenoxy) is 1. The van der Waals surface area contributed by atoms with Crippen LogP contribution in [0.25, 0.3) is 0 Å². The van der Waals surface area contributed by atoms with Gasteiger partial charge in [0.1, 0.15) is 0 Å². The van der Waals surface area contributed by atoms with E-state index in [1.54, 1.807) is 0 Å². The van der Waals surface area contributed by atoms with Gasteiger partial charge in [0.05, 0.1) is 6.61 Å². The molecule has 3 heteroatoms. The number of hydrogen-bond donors (Lipinski definition) is 1. The molecule has 0 radical (unpaired) electrons. The van der Waals surface area contributed by atoms with Crippen LogP contribution in [-0.4, -0.2) is 38.3 Å². The van der Waals surface area contributed by atoms with Crippen LogP contribution in [0.1, 0.15) is 13.3 Å². The highest BCUT2D eigenvalue weighted by atomic mass is 32.2. The molecule has 2 nitrogen and oxygen atoms in total. The molecule has 0 bridgehead atoms. The van der Waals surface area contributed by atoms with Gasteiger partial charge in [-0.2, -0.15) is 11.8 Å². The quantitative estimate of drug-likeness (QED) is 0.566. The molecule has 0 aliphatic heterocycles. The molecule has 0 rings (SSSR count). The smallest absolute Gasteiger partial charge is 0.0590 e. The maximum atomic E-state index is 5.17. The van der Waals surface area contributed by atoms with E-state index in [-0.39, 0.29) is 0 Å². The van der Waals surface area contributed by atoms with Crippen molar-refractivity contribution in [1.82, 2.24) is 5.32 Å². The van der Waals surface area contributed by atoms with Crippen molar-refractivity contribution in [3.8, 4) is 0 Å². The highest BCUT2D eigenvalue weighted by Crippen LogP contribution is 1.92. The lowest BCUT2D eigenvalue weighted by Crippen LogP contribution is -2.21. The van der Waals surface area contributed by atoms with Gasteiger partial charge in [-0.3, -0.25) is 0 Å². The van der Waals surface area contributed by atoms with E-state index in [1.807, 2.05) is 18.7 Å². The third kappa shape index (κ3) is 10.3. The molecule has 0 fully saturated rings. The number of nitrogens with one attached hydrogen (secondary N) is 1. The van der Waals surface area contributed by atoms with Crippen molar-refractivity contribution in [3.63, 3.8) is 0 Å². The van der Waals surface area contributed by atoms with Crippen LogP contribution in [-0.2, 0) is 4.74 Å². The minimum absolute atomic E-state index is 0.826. The molecular formula is C8H19NOS. The number of rotatable bonds is 8. The highest BCUT2D eigenvalue weighted by Gasteiger charge is 1.86. The molecule has 0 aromatic rings. The highest BCUT2D eigenvalue weighted by molar-refractivity contribution is 7.98. The lowest BCUT2D eigenvalue weighted by atomic mass is 10.5. The van der Waals surface area contributed by atoms with E-state index in [1.165, 1.54) is 12.2 Å². The van der Waals surface area contributed by atoms with Gasteiger partial charge < -0.3 is 10.1 Å². The van der Waals surface area contributed by atoms with Gasteiger partial charge in [-0.15, -0.1) is 0 Å². The Morgan fingerprint density at radius 2 is 2.18 bits per heavy atom. The number of hydrogen-bond acceptors (Lipinski definition) is 3. The standard InChI is InChI=1S/C8H19NOS/c1-3-10-7-6-9-5-4-8-11-2/h9H,3-8H2,1-2H3. The second-order valence-corrected chi connectivity index (χ2v) is 3.28. The molecule has 0 aromatic carbocycles. The molecule has 1 N–H and O–H groups in total. The molecule has 0 unspecified atom stereocenters. The summed E-state index contributed by atoms with van der Waals surface area (Å²) < 4.78 is 5.17. The summed E-state index contributed by atoms with van der Waals surface area (Å²) in [4.78, 5) is 0. The molecule has 68 valence electrons. The van der Waals surface area contributed by atoms with E-state index in [0.29, 0.717) is 0 Å². The fourth-order valence-electron chi connectivity index (χ4n) is 0.755. The zero-order valence-electron chi connectivity index (χ0n) is 7.56. The first-order valence-corrected chi connectivity index (χ1v) is 5.58. The van der Waals surface area contributed by atoms with Gasteiger partial charge >= 0.3 is 0 Å². The molecule has 0 saturated carbocycles. The molecule has 0 aliphatic rings. The Labute approximate surface area is 74.1 Å². The summed E-state index contributed by atoms with van der Waals surface area (Å²) in [6.45, 7) is 5.80. The van der Waals surface area contributed by atoms with E-state index in [9.17, 15) is 0 Å². The van der Waals surface area contributed by atoms with E-state index < -0.39 is 0 Å². The van der Waals surface area contributed by atoms with Crippen LogP contribution in [0.4, 0.5) is 0 Å². The van der Waals surface area contributed by atoms with Crippen molar-refractivity contribution in [2.45, 2.75) is 13.3 Å². The molecule has 0 amide bonds. The van der Waals surface area contributed by atoms with Crippen molar-refractivity contribution in [2.75, 3.05) is 38.3 Å². The molecule has 0 saturated heterocycles. The van der Waals surface area contributed by atoms with Gasteiger partial charge in [-0.05, 0) is 31.9 Å². The predicted molar refractivity (Wildman–Crippen MR) is 52.4 cm³/mol.